The van der Waals surface area contributed by atoms with Crippen molar-refractivity contribution in [1.82, 2.24) is 4.98 Å². The minimum absolute atomic E-state index is 0.198. The van der Waals surface area contributed by atoms with Gasteiger partial charge in [-0.15, -0.1) is 6.58 Å². The van der Waals surface area contributed by atoms with Crippen LogP contribution in [0.4, 0.5) is 0 Å². The molecule has 1 aliphatic rings. The summed E-state index contributed by atoms with van der Waals surface area (Å²) < 4.78 is 0. The average molecular weight is 311 g/mol. The summed E-state index contributed by atoms with van der Waals surface area (Å²) in [6, 6.07) is 6.37. The van der Waals surface area contributed by atoms with Gasteiger partial charge in [0.25, 0.3) is 0 Å². The number of rotatable bonds is 5. The van der Waals surface area contributed by atoms with E-state index in [4.69, 9.17) is 0 Å². The van der Waals surface area contributed by atoms with Gasteiger partial charge in [-0.05, 0) is 49.7 Å². The molecule has 1 aromatic carbocycles. The number of aromatic amines is 1. The molecule has 0 fully saturated rings. The van der Waals surface area contributed by atoms with Gasteiger partial charge in [0, 0.05) is 22.0 Å². The molecule has 1 aliphatic carbocycles. The number of hydrogen-bond acceptors (Lipinski definition) is 1. The van der Waals surface area contributed by atoms with Crippen molar-refractivity contribution >= 4 is 16.9 Å². The van der Waals surface area contributed by atoms with Crippen LogP contribution in [0.3, 0.4) is 0 Å². The van der Waals surface area contributed by atoms with Crippen LogP contribution in [0.5, 0.6) is 0 Å². The molecule has 122 valence electrons. The first kappa shape index (κ1) is 15.9. The standard InChI is InChI=1S/C20H25NO2/c1-4-7-14-10-11-20(5-2,12-16(22)23)19-17(14)15-9-6-8-13(3)18(15)21-19/h4,6,8-9,14,21H,1,5,7,10-12H2,2-3H3,(H,22,23)/t14-,20-/m0/s1. The van der Waals surface area contributed by atoms with E-state index in [9.17, 15) is 9.90 Å². The zero-order valence-electron chi connectivity index (χ0n) is 14.0. The topological polar surface area (TPSA) is 53.1 Å². The van der Waals surface area contributed by atoms with Crippen molar-refractivity contribution in [3.05, 3.63) is 47.7 Å². The first-order valence-corrected chi connectivity index (χ1v) is 8.46. The van der Waals surface area contributed by atoms with E-state index in [1.807, 2.05) is 6.08 Å². The van der Waals surface area contributed by atoms with Crippen molar-refractivity contribution in [1.29, 1.82) is 0 Å². The first-order valence-electron chi connectivity index (χ1n) is 8.46. The molecular formula is C20H25NO2. The molecule has 0 saturated heterocycles. The van der Waals surface area contributed by atoms with Gasteiger partial charge in [0.05, 0.1) is 6.42 Å². The van der Waals surface area contributed by atoms with E-state index in [2.05, 4.69) is 43.6 Å². The maximum atomic E-state index is 11.5. The minimum Gasteiger partial charge on any atom is -0.481 e. The van der Waals surface area contributed by atoms with Crippen LogP contribution in [0.15, 0.2) is 30.9 Å². The third-order valence-electron chi connectivity index (χ3n) is 5.61. The average Bonchev–Trinajstić information content (AvgIpc) is 2.92. The van der Waals surface area contributed by atoms with Gasteiger partial charge in [0.15, 0.2) is 0 Å². The van der Waals surface area contributed by atoms with E-state index >= 15 is 0 Å². The normalized spacial score (nSPS) is 23.7. The summed E-state index contributed by atoms with van der Waals surface area (Å²) in [5, 5.41) is 10.7. The molecule has 0 radical (unpaired) electrons. The van der Waals surface area contributed by atoms with Gasteiger partial charge in [-0.2, -0.15) is 0 Å². The summed E-state index contributed by atoms with van der Waals surface area (Å²) in [5.41, 5.74) is 4.60. The summed E-state index contributed by atoms with van der Waals surface area (Å²) in [4.78, 5) is 15.1. The van der Waals surface area contributed by atoms with E-state index in [1.54, 1.807) is 0 Å². The molecular weight excluding hydrogens is 286 g/mol. The Bertz CT molecular complexity index is 758. The van der Waals surface area contributed by atoms with Crippen molar-refractivity contribution in [2.24, 2.45) is 0 Å². The first-order chi connectivity index (χ1) is 11.0. The van der Waals surface area contributed by atoms with Crippen LogP contribution in [-0.2, 0) is 10.2 Å². The van der Waals surface area contributed by atoms with Gasteiger partial charge >= 0.3 is 5.97 Å². The fourth-order valence-electron chi connectivity index (χ4n) is 4.33. The minimum atomic E-state index is -0.713. The van der Waals surface area contributed by atoms with Gasteiger partial charge in [-0.3, -0.25) is 4.79 Å². The van der Waals surface area contributed by atoms with Gasteiger partial charge in [0.2, 0.25) is 0 Å². The molecule has 0 spiro atoms. The number of aliphatic carboxylic acids is 1. The number of allylic oxidation sites excluding steroid dienone is 1. The molecule has 23 heavy (non-hydrogen) atoms. The number of benzene rings is 1. The van der Waals surface area contributed by atoms with Gasteiger partial charge < -0.3 is 10.1 Å². The highest BCUT2D eigenvalue weighted by atomic mass is 16.4. The summed E-state index contributed by atoms with van der Waals surface area (Å²) >= 11 is 0. The van der Waals surface area contributed by atoms with E-state index in [1.165, 1.54) is 16.5 Å². The van der Waals surface area contributed by atoms with Crippen molar-refractivity contribution < 1.29 is 9.90 Å². The second kappa shape index (κ2) is 5.88. The number of aryl methyl sites for hydroxylation is 1. The number of nitrogens with one attached hydrogen (secondary N) is 1. The fraction of sp³-hybridized carbons (Fsp3) is 0.450. The summed E-state index contributed by atoms with van der Waals surface area (Å²) in [6.07, 6.45) is 5.93. The molecule has 0 unspecified atom stereocenters. The lowest BCUT2D eigenvalue weighted by molar-refractivity contribution is -0.138. The maximum Gasteiger partial charge on any atom is 0.304 e. The Hall–Kier alpha value is -2.03. The molecule has 1 heterocycles. The molecule has 2 N–H and O–H groups in total. The largest absolute Gasteiger partial charge is 0.481 e. The van der Waals surface area contributed by atoms with Gasteiger partial charge in [-0.25, -0.2) is 0 Å². The van der Waals surface area contributed by atoms with Crippen LogP contribution in [0.25, 0.3) is 10.9 Å². The highest BCUT2D eigenvalue weighted by Crippen LogP contribution is 2.50. The van der Waals surface area contributed by atoms with Crippen LogP contribution >= 0.6 is 0 Å². The van der Waals surface area contributed by atoms with Crippen LogP contribution in [0.2, 0.25) is 0 Å². The van der Waals surface area contributed by atoms with E-state index in [-0.39, 0.29) is 11.8 Å². The lowest BCUT2D eigenvalue weighted by Gasteiger charge is -2.38. The molecule has 3 nitrogen and oxygen atoms in total. The van der Waals surface area contributed by atoms with Crippen LogP contribution in [-0.4, -0.2) is 16.1 Å². The third kappa shape index (κ3) is 2.48. The summed E-state index contributed by atoms with van der Waals surface area (Å²) in [5.74, 6) is -0.276. The fourth-order valence-corrected chi connectivity index (χ4v) is 4.33. The Labute approximate surface area is 137 Å². The quantitative estimate of drug-likeness (QED) is 0.759. The van der Waals surface area contributed by atoms with E-state index in [0.717, 1.165) is 36.9 Å². The highest BCUT2D eigenvalue weighted by Gasteiger charge is 2.42. The summed E-state index contributed by atoms with van der Waals surface area (Å²) in [7, 11) is 0. The second-order valence-electron chi connectivity index (χ2n) is 6.88. The molecule has 0 saturated carbocycles. The number of aromatic nitrogens is 1. The van der Waals surface area contributed by atoms with E-state index < -0.39 is 5.97 Å². The predicted octanol–water partition coefficient (Wildman–Crippen LogP) is 5.05. The number of para-hydroxylation sites is 1. The zero-order valence-corrected chi connectivity index (χ0v) is 14.0. The van der Waals surface area contributed by atoms with Gasteiger partial charge in [-0.1, -0.05) is 31.2 Å². The Morgan fingerprint density at radius 3 is 2.96 bits per heavy atom. The van der Waals surface area contributed by atoms with Crippen molar-refractivity contribution in [3.8, 4) is 0 Å². The van der Waals surface area contributed by atoms with Crippen LogP contribution < -0.4 is 0 Å². The molecule has 3 heteroatoms. The Balaban J connectivity index is 2.27. The smallest absolute Gasteiger partial charge is 0.304 e. The van der Waals surface area contributed by atoms with Crippen LogP contribution in [0.1, 0.15) is 61.8 Å². The molecule has 0 bridgehead atoms. The molecule has 1 aromatic heterocycles. The monoisotopic (exact) mass is 311 g/mol. The second-order valence-corrected chi connectivity index (χ2v) is 6.88. The zero-order chi connectivity index (χ0) is 16.6. The molecule has 2 aromatic rings. The van der Waals surface area contributed by atoms with E-state index in [0.29, 0.717) is 5.92 Å². The van der Waals surface area contributed by atoms with Crippen molar-refractivity contribution in [3.63, 3.8) is 0 Å². The predicted molar refractivity (Wildman–Crippen MR) is 94.0 cm³/mol. The lowest BCUT2D eigenvalue weighted by Crippen LogP contribution is -2.34. The number of hydrogen-bond donors (Lipinski definition) is 2. The van der Waals surface area contributed by atoms with Crippen LogP contribution in [0, 0.1) is 6.92 Å². The van der Waals surface area contributed by atoms with Crippen molar-refractivity contribution in [2.75, 3.05) is 0 Å². The van der Waals surface area contributed by atoms with Crippen molar-refractivity contribution in [2.45, 2.75) is 57.3 Å². The number of carbonyl (C=O) groups is 1. The number of H-pyrrole nitrogens is 1. The summed E-state index contributed by atoms with van der Waals surface area (Å²) in [6.45, 7) is 8.13. The molecule has 0 aliphatic heterocycles. The Morgan fingerprint density at radius 1 is 1.52 bits per heavy atom. The highest BCUT2D eigenvalue weighted by molar-refractivity contribution is 5.89. The SMILES string of the molecule is C=CC[C@H]1CC[C@@](CC)(CC(=O)O)c2[nH]c3c(C)cccc3c21. The number of carboxylic acid groups (broad SMARTS) is 1. The maximum absolute atomic E-state index is 11.5. The van der Waals surface area contributed by atoms with Gasteiger partial charge in [0.1, 0.15) is 0 Å². The number of carboxylic acids is 1. The molecule has 2 atom stereocenters. The molecule has 0 amide bonds. The lowest BCUT2D eigenvalue weighted by atomic mass is 9.65. The Kier molecular flexibility index (Phi) is 4.05. The molecule has 3 rings (SSSR count). The Morgan fingerprint density at radius 2 is 2.30 bits per heavy atom. The third-order valence-corrected chi connectivity index (χ3v) is 5.61. The number of fused-ring (bicyclic) bond motifs is 3.